The zero-order valence-corrected chi connectivity index (χ0v) is 14.7. The van der Waals surface area contributed by atoms with Crippen LogP contribution in [0.2, 0.25) is 0 Å². The van der Waals surface area contributed by atoms with E-state index < -0.39 is 43.0 Å². The van der Waals surface area contributed by atoms with E-state index >= 15 is 0 Å². The van der Waals surface area contributed by atoms with Gasteiger partial charge in [0.25, 0.3) is 0 Å². The lowest BCUT2D eigenvalue weighted by atomic mass is 10.3. The summed E-state index contributed by atoms with van der Waals surface area (Å²) in [5.41, 5.74) is 0. The van der Waals surface area contributed by atoms with Crippen LogP contribution in [0.3, 0.4) is 0 Å². The molecule has 2 aromatic rings. The first kappa shape index (κ1) is 19.8. The first-order valence-corrected chi connectivity index (χ1v) is 10.0. The molecule has 0 saturated heterocycles. The molecular formula is C14H16N2O8S2. The van der Waals surface area contributed by atoms with Crippen molar-refractivity contribution in [2.75, 3.05) is 13.1 Å². The smallest absolute Gasteiger partial charge is 0.240 e. The molecule has 0 heterocycles. The van der Waals surface area contributed by atoms with Crippen molar-refractivity contribution >= 4 is 20.0 Å². The first-order valence-electron chi connectivity index (χ1n) is 7.06. The highest BCUT2D eigenvalue weighted by Gasteiger charge is 2.18. The molecule has 0 saturated carbocycles. The van der Waals surface area contributed by atoms with Gasteiger partial charge in [-0.05, 0) is 24.3 Å². The Hall–Kier alpha value is -2.54. The molecule has 6 N–H and O–H groups in total. The number of aromatic hydroxyl groups is 4. The predicted octanol–water partition coefficient (Wildman–Crippen LogP) is -0.234. The predicted molar refractivity (Wildman–Crippen MR) is 89.9 cm³/mol. The molecule has 0 aliphatic carbocycles. The van der Waals surface area contributed by atoms with Gasteiger partial charge >= 0.3 is 0 Å². The monoisotopic (exact) mass is 404 g/mol. The van der Waals surface area contributed by atoms with Crippen LogP contribution in [-0.4, -0.2) is 50.4 Å². The Morgan fingerprint density at radius 2 is 0.962 bits per heavy atom. The van der Waals surface area contributed by atoms with Crippen molar-refractivity contribution in [3.63, 3.8) is 0 Å². The Kier molecular flexibility index (Phi) is 5.61. The van der Waals surface area contributed by atoms with Gasteiger partial charge in [-0.15, -0.1) is 0 Å². The molecule has 2 aromatic carbocycles. The van der Waals surface area contributed by atoms with Crippen LogP contribution in [0.15, 0.2) is 46.2 Å². The largest absolute Gasteiger partial charge is 0.504 e. The third-order valence-electron chi connectivity index (χ3n) is 3.22. The summed E-state index contributed by atoms with van der Waals surface area (Å²) in [7, 11) is -8.05. The molecule has 0 aliphatic heterocycles. The summed E-state index contributed by atoms with van der Waals surface area (Å²) in [5.74, 6) is -2.18. The van der Waals surface area contributed by atoms with E-state index in [1.807, 2.05) is 0 Å². The third kappa shape index (κ3) is 4.54. The molecule has 0 aliphatic rings. The molecule has 142 valence electrons. The normalized spacial score (nSPS) is 12.2. The van der Waals surface area contributed by atoms with Crippen LogP contribution in [0.1, 0.15) is 0 Å². The van der Waals surface area contributed by atoms with E-state index in [0.29, 0.717) is 0 Å². The van der Waals surface area contributed by atoms with Gasteiger partial charge in [-0.25, -0.2) is 26.3 Å². The van der Waals surface area contributed by atoms with E-state index in [4.69, 9.17) is 0 Å². The number of rotatable bonds is 7. The van der Waals surface area contributed by atoms with Crippen LogP contribution in [0.25, 0.3) is 0 Å². The topological polar surface area (TPSA) is 173 Å². The molecule has 0 unspecified atom stereocenters. The minimum Gasteiger partial charge on any atom is -0.504 e. The number of hydrogen-bond donors (Lipinski definition) is 6. The number of benzene rings is 2. The van der Waals surface area contributed by atoms with Crippen LogP contribution < -0.4 is 9.44 Å². The highest BCUT2D eigenvalue weighted by Crippen LogP contribution is 2.27. The minimum absolute atomic E-state index is 0.298. The Morgan fingerprint density at radius 1 is 0.615 bits per heavy atom. The summed E-state index contributed by atoms with van der Waals surface area (Å²) in [4.78, 5) is -0.613. The van der Waals surface area contributed by atoms with Gasteiger partial charge in [0.05, 0.1) is 9.79 Å². The number of phenolic OH excluding ortho intramolecular Hbond substituents is 4. The standard InChI is InChI=1S/C14H16N2O8S2/c17-11-3-1-9(7-13(11)19)25(21,22)15-5-6-16-26(23,24)10-2-4-12(18)14(20)8-10/h1-4,7-8,15-20H,5-6H2. The lowest BCUT2D eigenvalue weighted by Gasteiger charge is -2.10. The molecule has 0 aromatic heterocycles. The molecule has 0 amide bonds. The average Bonchev–Trinajstić information content (AvgIpc) is 2.56. The van der Waals surface area contributed by atoms with Gasteiger partial charge in [-0.2, -0.15) is 0 Å². The molecule has 10 nitrogen and oxygen atoms in total. The lowest BCUT2D eigenvalue weighted by molar-refractivity contribution is 0.402. The second-order valence-electron chi connectivity index (χ2n) is 5.10. The van der Waals surface area contributed by atoms with Crippen LogP contribution >= 0.6 is 0 Å². The quantitative estimate of drug-likeness (QED) is 0.271. The summed E-state index contributed by atoms with van der Waals surface area (Å²) in [6.07, 6.45) is 0. The number of phenols is 4. The van der Waals surface area contributed by atoms with Gasteiger partial charge in [-0.1, -0.05) is 0 Å². The maximum atomic E-state index is 12.0. The van der Waals surface area contributed by atoms with E-state index in [0.717, 1.165) is 36.4 Å². The maximum absolute atomic E-state index is 12.0. The van der Waals surface area contributed by atoms with Crippen molar-refractivity contribution in [1.29, 1.82) is 0 Å². The molecule has 26 heavy (non-hydrogen) atoms. The van der Waals surface area contributed by atoms with Gasteiger partial charge in [-0.3, -0.25) is 0 Å². The SMILES string of the molecule is O=S(=O)(NCCNS(=O)(=O)c1ccc(O)c(O)c1)c1ccc(O)c(O)c1. The van der Waals surface area contributed by atoms with Crippen molar-refractivity contribution in [3.05, 3.63) is 36.4 Å². The Morgan fingerprint density at radius 3 is 1.27 bits per heavy atom. The lowest BCUT2D eigenvalue weighted by Crippen LogP contribution is -2.34. The minimum atomic E-state index is -4.02. The fraction of sp³-hybridized carbons (Fsp3) is 0.143. The van der Waals surface area contributed by atoms with Crippen LogP contribution in [0.5, 0.6) is 23.0 Å². The van der Waals surface area contributed by atoms with E-state index in [1.165, 1.54) is 0 Å². The first-order chi connectivity index (χ1) is 12.0. The number of hydrogen-bond acceptors (Lipinski definition) is 8. The van der Waals surface area contributed by atoms with E-state index in [-0.39, 0.29) is 22.9 Å². The number of sulfonamides is 2. The van der Waals surface area contributed by atoms with E-state index in [9.17, 15) is 37.3 Å². The molecule has 12 heteroatoms. The molecule has 0 fully saturated rings. The van der Waals surface area contributed by atoms with Gasteiger partial charge in [0, 0.05) is 25.2 Å². The molecule has 0 atom stereocenters. The summed E-state index contributed by atoms with van der Waals surface area (Å²) in [5, 5.41) is 37.0. The fourth-order valence-corrected chi connectivity index (χ4v) is 3.98. The fourth-order valence-electron chi connectivity index (χ4n) is 1.88. The van der Waals surface area contributed by atoms with Crippen molar-refractivity contribution < 1.29 is 37.3 Å². The molecular weight excluding hydrogens is 388 g/mol. The number of nitrogens with one attached hydrogen (secondary N) is 2. The maximum Gasteiger partial charge on any atom is 0.240 e. The Bertz CT molecular complexity index is 936. The van der Waals surface area contributed by atoms with Crippen LogP contribution in [0.4, 0.5) is 0 Å². The Balaban J connectivity index is 1.98. The van der Waals surface area contributed by atoms with Gasteiger partial charge in [0.1, 0.15) is 0 Å². The molecule has 0 radical (unpaired) electrons. The van der Waals surface area contributed by atoms with Gasteiger partial charge in [0.15, 0.2) is 23.0 Å². The zero-order valence-electron chi connectivity index (χ0n) is 13.1. The molecule has 0 bridgehead atoms. The highest BCUT2D eigenvalue weighted by molar-refractivity contribution is 7.90. The summed E-state index contributed by atoms with van der Waals surface area (Å²) in [6.45, 7) is -0.597. The van der Waals surface area contributed by atoms with Crippen molar-refractivity contribution in [1.82, 2.24) is 9.44 Å². The Labute approximate surface area is 149 Å². The van der Waals surface area contributed by atoms with Gasteiger partial charge < -0.3 is 20.4 Å². The zero-order chi connectivity index (χ0) is 19.5. The van der Waals surface area contributed by atoms with Gasteiger partial charge in [0.2, 0.25) is 20.0 Å². The van der Waals surface area contributed by atoms with Crippen molar-refractivity contribution in [2.45, 2.75) is 9.79 Å². The highest BCUT2D eigenvalue weighted by atomic mass is 32.2. The van der Waals surface area contributed by atoms with Crippen LogP contribution in [-0.2, 0) is 20.0 Å². The molecule has 0 spiro atoms. The second-order valence-corrected chi connectivity index (χ2v) is 8.63. The van der Waals surface area contributed by atoms with Crippen molar-refractivity contribution in [3.8, 4) is 23.0 Å². The van der Waals surface area contributed by atoms with Crippen LogP contribution in [0, 0.1) is 0 Å². The molecule has 2 rings (SSSR count). The van der Waals surface area contributed by atoms with E-state index in [1.54, 1.807) is 0 Å². The second kappa shape index (κ2) is 7.37. The summed E-state index contributed by atoms with van der Waals surface area (Å²) >= 11 is 0. The average molecular weight is 404 g/mol. The summed E-state index contributed by atoms with van der Waals surface area (Å²) < 4.78 is 52.4. The van der Waals surface area contributed by atoms with Crippen molar-refractivity contribution in [2.24, 2.45) is 0 Å². The van der Waals surface area contributed by atoms with E-state index in [2.05, 4.69) is 9.44 Å². The summed E-state index contributed by atoms with van der Waals surface area (Å²) in [6, 6.07) is 5.84. The third-order valence-corrected chi connectivity index (χ3v) is 6.14.